The number of nitrogens with zero attached hydrogens (tertiary/aromatic N) is 2. The minimum atomic E-state index is -0.405. The van der Waals surface area contributed by atoms with Crippen LogP contribution in [0.3, 0.4) is 0 Å². The van der Waals surface area contributed by atoms with Crippen molar-refractivity contribution in [1.29, 1.82) is 0 Å². The van der Waals surface area contributed by atoms with E-state index in [0.717, 1.165) is 0 Å². The normalized spacial score (nSPS) is 13.5. The van der Waals surface area contributed by atoms with Gasteiger partial charge in [0.15, 0.2) is 5.75 Å². The Morgan fingerprint density at radius 3 is 2.58 bits per heavy atom. The molecule has 1 aliphatic heterocycles. The van der Waals surface area contributed by atoms with Crippen molar-refractivity contribution in [1.82, 2.24) is 4.90 Å². The Hall–Kier alpha value is -1.83. The molecule has 0 fully saturated rings. The third-order valence-corrected chi connectivity index (χ3v) is 3.85. The first-order valence-corrected chi connectivity index (χ1v) is 7.93. The van der Waals surface area contributed by atoms with Crippen molar-refractivity contribution in [3.63, 3.8) is 0 Å². The van der Waals surface area contributed by atoms with Crippen LogP contribution in [0.4, 0.5) is 5.69 Å². The van der Waals surface area contributed by atoms with Gasteiger partial charge in [-0.25, -0.2) is 4.79 Å². The lowest BCUT2D eigenvalue weighted by molar-refractivity contribution is -0.134. The SMILES string of the molecule is COCCN(CCOC)C(=O)CN1CC(=O)Oc2ccc(Cl)cc21. The molecular formula is C16H21ClN2O5. The summed E-state index contributed by atoms with van der Waals surface area (Å²) in [6, 6.07) is 4.95. The fourth-order valence-electron chi connectivity index (χ4n) is 2.39. The monoisotopic (exact) mass is 356 g/mol. The summed E-state index contributed by atoms with van der Waals surface area (Å²) in [5.41, 5.74) is 0.633. The van der Waals surface area contributed by atoms with E-state index in [1.165, 1.54) is 0 Å². The lowest BCUT2D eigenvalue weighted by atomic mass is 10.2. The van der Waals surface area contributed by atoms with E-state index >= 15 is 0 Å². The number of methoxy groups -OCH3 is 2. The summed E-state index contributed by atoms with van der Waals surface area (Å²) in [6.45, 7) is 1.83. The van der Waals surface area contributed by atoms with Gasteiger partial charge in [-0.15, -0.1) is 0 Å². The second kappa shape index (κ2) is 8.86. The quantitative estimate of drug-likeness (QED) is 0.515. The number of hydrogen-bond acceptors (Lipinski definition) is 6. The van der Waals surface area contributed by atoms with Crippen molar-refractivity contribution in [2.75, 3.05) is 58.5 Å². The van der Waals surface area contributed by atoms with Crippen LogP contribution in [-0.4, -0.2) is 70.4 Å². The smallest absolute Gasteiger partial charge is 0.331 e. The van der Waals surface area contributed by atoms with Crippen molar-refractivity contribution < 1.29 is 23.8 Å². The second-order valence-corrected chi connectivity index (χ2v) is 5.75. The van der Waals surface area contributed by atoms with Crippen LogP contribution in [0.1, 0.15) is 0 Å². The largest absolute Gasteiger partial charge is 0.423 e. The number of ether oxygens (including phenoxy) is 3. The maximum Gasteiger partial charge on any atom is 0.331 e. The first-order chi connectivity index (χ1) is 11.5. The maximum atomic E-state index is 12.6. The molecule has 0 N–H and O–H groups in total. The highest BCUT2D eigenvalue weighted by Crippen LogP contribution is 2.34. The van der Waals surface area contributed by atoms with Crippen LogP contribution in [0.2, 0.25) is 5.02 Å². The molecule has 8 heteroatoms. The summed E-state index contributed by atoms with van der Waals surface area (Å²) in [5, 5.41) is 0.514. The Morgan fingerprint density at radius 1 is 1.29 bits per heavy atom. The maximum absolute atomic E-state index is 12.6. The van der Waals surface area contributed by atoms with E-state index in [1.807, 2.05) is 0 Å². The molecule has 0 unspecified atom stereocenters. The van der Waals surface area contributed by atoms with Crippen molar-refractivity contribution in [3.8, 4) is 5.75 Å². The van der Waals surface area contributed by atoms with Gasteiger partial charge in [0.1, 0.15) is 6.54 Å². The van der Waals surface area contributed by atoms with Gasteiger partial charge in [-0.3, -0.25) is 4.79 Å². The third-order valence-electron chi connectivity index (χ3n) is 3.61. The summed E-state index contributed by atoms with van der Waals surface area (Å²) >= 11 is 6.02. The topological polar surface area (TPSA) is 68.3 Å². The Kier molecular flexibility index (Phi) is 6.84. The molecule has 0 radical (unpaired) electrons. The Morgan fingerprint density at radius 2 is 1.96 bits per heavy atom. The number of halogens is 1. The minimum absolute atomic E-state index is 0.00147. The van der Waals surface area contributed by atoms with E-state index in [0.29, 0.717) is 42.8 Å². The van der Waals surface area contributed by atoms with E-state index in [2.05, 4.69) is 0 Å². The molecule has 0 spiro atoms. The lowest BCUT2D eigenvalue weighted by Crippen LogP contribution is -2.46. The summed E-state index contributed by atoms with van der Waals surface area (Å²) in [4.78, 5) is 27.7. The van der Waals surface area contributed by atoms with Gasteiger partial charge < -0.3 is 24.0 Å². The molecule has 1 aliphatic rings. The molecule has 1 heterocycles. The number of amides is 1. The van der Waals surface area contributed by atoms with Crippen LogP contribution < -0.4 is 9.64 Å². The second-order valence-electron chi connectivity index (χ2n) is 5.31. The van der Waals surface area contributed by atoms with Crippen molar-refractivity contribution in [3.05, 3.63) is 23.2 Å². The van der Waals surface area contributed by atoms with Crippen molar-refractivity contribution >= 4 is 29.2 Å². The summed E-state index contributed by atoms with van der Waals surface area (Å²) in [6.07, 6.45) is 0. The predicted molar refractivity (Wildman–Crippen MR) is 89.6 cm³/mol. The van der Waals surface area contributed by atoms with Gasteiger partial charge in [0.05, 0.1) is 25.4 Å². The van der Waals surface area contributed by atoms with Gasteiger partial charge in [-0.05, 0) is 18.2 Å². The van der Waals surface area contributed by atoms with Gasteiger partial charge in [0.25, 0.3) is 0 Å². The molecule has 2 rings (SSSR count). The molecule has 0 aromatic heterocycles. The molecule has 0 aliphatic carbocycles. The number of benzene rings is 1. The number of esters is 1. The van der Waals surface area contributed by atoms with Gasteiger partial charge in [0, 0.05) is 32.3 Å². The third kappa shape index (κ3) is 4.83. The number of anilines is 1. The van der Waals surface area contributed by atoms with E-state index in [1.54, 1.807) is 42.2 Å². The number of carbonyl (C=O) groups excluding carboxylic acids is 2. The minimum Gasteiger partial charge on any atom is -0.423 e. The van der Waals surface area contributed by atoms with Gasteiger partial charge in [-0.2, -0.15) is 0 Å². The fourth-order valence-corrected chi connectivity index (χ4v) is 2.55. The number of rotatable bonds is 8. The molecular weight excluding hydrogens is 336 g/mol. The van der Waals surface area contributed by atoms with E-state index in [-0.39, 0.29) is 19.0 Å². The standard InChI is InChI=1S/C16H21ClN2O5/c1-22-7-5-18(6-8-23-2)15(20)10-19-11-16(21)24-14-4-3-12(17)9-13(14)19/h3-4,9H,5-8,10-11H2,1-2H3. The van der Waals surface area contributed by atoms with Crippen LogP contribution in [-0.2, 0) is 19.1 Å². The zero-order valence-corrected chi connectivity index (χ0v) is 14.5. The molecule has 0 bridgehead atoms. The average Bonchev–Trinajstić information content (AvgIpc) is 2.55. The first-order valence-electron chi connectivity index (χ1n) is 7.56. The lowest BCUT2D eigenvalue weighted by Gasteiger charge is -2.31. The Bertz CT molecular complexity index is 588. The molecule has 132 valence electrons. The van der Waals surface area contributed by atoms with Crippen LogP contribution in [0.5, 0.6) is 5.75 Å². The highest BCUT2D eigenvalue weighted by atomic mass is 35.5. The molecule has 0 saturated carbocycles. The van der Waals surface area contributed by atoms with Crippen LogP contribution in [0.15, 0.2) is 18.2 Å². The number of hydrogen-bond donors (Lipinski definition) is 0. The Labute approximate surface area is 146 Å². The highest BCUT2D eigenvalue weighted by molar-refractivity contribution is 6.31. The molecule has 1 amide bonds. The average molecular weight is 357 g/mol. The van der Waals surface area contributed by atoms with Gasteiger partial charge in [-0.1, -0.05) is 11.6 Å². The first kappa shape index (κ1) is 18.5. The highest BCUT2D eigenvalue weighted by Gasteiger charge is 2.27. The Balaban J connectivity index is 2.11. The van der Waals surface area contributed by atoms with Crippen molar-refractivity contribution in [2.24, 2.45) is 0 Å². The molecule has 0 atom stereocenters. The summed E-state index contributed by atoms with van der Waals surface area (Å²) in [7, 11) is 3.16. The number of carbonyl (C=O) groups is 2. The fraction of sp³-hybridized carbons (Fsp3) is 0.500. The molecule has 0 saturated heterocycles. The molecule has 24 heavy (non-hydrogen) atoms. The van der Waals surface area contributed by atoms with Crippen LogP contribution in [0, 0.1) is 0 Å². The summed E-state index contributed by atoms with van der Waals surface area (Å²) < 4.78 is 15.3. The summed E-state index contributed by atoms with van der Waals surface area (Å²) in [5.74, 6) is -0.119. The van der Waals surface area contributed by atoms with Gasteiger partial charge >= 0.3 is 5.97 Å². The van der Waals surface area contributed by atoms with E-state index in [9.17, 15) is 9.59 Å². The van der Waals surface area contributed by atoms with Gasteiger partial charge in [0.2, 0.25) is 5.91 Å². The van der Waals surface area contributed by atoms with Crippen molar-refractivity contribution in [2.45, 2.75) is 0 Å². The molecule has 7 nitrogen and oxygen atoms in total. The zero-order valence-electron chi connectivity index (χ0n) is 13.8. The van der Waals surface area contributed by atoms with Crippen LogP contribution in [0.25, 0.3) is 0 Å². The van der Waals surface area contributed by atoms with E-state index in [4.69, 9.17) is 25.8 Å². The molecule has 1 aromatic carbocycles. The molecule has 1 aromatic rings. The zero-order chi connectivity index (χ0) is 17.5. The predicted octanol–water partition coefficient (Wildman–Crippen LogP) is 1.19. The number of fused-ring (bicyclic) bond motifs is 1. The van der Waals surface area contributed by atoms with Crippen LogP contribution >= 0.6 is 11.6 Å². The van der Waals surface area contributed by atoms with E-state index < -0.39 is 5.97 Å².